The van der Waals surface area contributed by atoms with E-state index >= 15 is 0 Å². The van der Waals surface area contributed by atoms with Gasteiger partial charge in [-0.25, -0.2) is 13.2 Å². The Morgan fingerprint density at radius 2 is 2.10 bits per heavy atom. The Balaban J connectivity index is 2.26. The topological polar surface area (TPSA) is 59.8 Å². The van der Waals surface area contributed by atoms with Crippen molar-refractivity contribution in [2.24, 2.45) is 5.92 Å². The molecule has 1 heterocycles. The summed E-state index contributed by atoms with van der Waals surface area (Å²) < 4.78 is 41.3. The van der Waals surface area contributed by atoms with Gasteiger partial charge in [0.2, 0.25) is 5.91 Å². The molecule has 1 aromatic heterocycles. The van der Waals surface area contributed by atoms with Crippen molar-refractivity contribution in [1.82, 2.24) is 20.3 Å². The number of hydrogen-bond donors (Lipinski definition) is 1. The van der Waals surface area contributed by atoms with Crippen molar-refractivity contribution in [2.45, 2.75) is 13.5 Å². The zero-order valence-electron chi connectivity index (χ0n) is 11.4. The maximum absolute atomic E-state index is 13.6. The number of nitrogens with one attached hydrogen (secondary N) is 1. The van der Waals surface area contributed by atoms with E-state index < -0.39 is 17.5 Å². The van der Waals surface area contributed by atoms with Crippen LogP contribution in [0.4, 0.5) is 13.2 Å². The molecule has 21 heavy (non-hydrogen) atoms. The number of carbonyl (C=O) groups excluding carboxylic acids is 1. The first kappa shape index (κ1) is 15.0. The molecule has 0 spiro atoms. The van der Waals surface area contributed by atoms with E-state index in [1.165, 1.54) is 17.9 Å². The lowest BCUT2D eigenvalue weighted by Crippen LogP contribution is -2.28. The van der Waals surface area contributed by atoms with Gasteiger partial charge in [-0.2, -0.15) is 0 Å². The summed E-state index contributed by atoms with van der Waals surface area (Å²) in [6, 6.07) is 1.30. The number of benzene rings is 1. The average molecular weight is 298 g/mol. The zero-order valence-corrected chi connectivity index (χ0v) is 11.4. The van der Waals surface area contributed by atoms with E-state index in [0.29, 0.717) is 6.07 Å². The number of carbonyl (C=O) groups is 1. The van der Waals surface area contributed by atoms with Crippen molar-refractivity contribution in [3.8, 4) is 11.3 Å². The molecule has 1 aromatic carbocycles. The molecule has 0 aliphatic rings. The van der Waals surface area contributed by atoms with Gasteiger partial charge in [0.05, 0.1) is 18.7 Å². The number of nitrogens with zero attached hydrogens (tertiary/aromatic N) is 3. The number of hydrogen-bond acceptors (Lipinski definition) is 3. The average Bonchev–Trinajstić information content (AvgIpc) is 2.90. The Bertz CT molecular complexity index is 671. The number of amides is 1. The molecule has 112 valence electrons. The minimum atomic E-state index is -1.29. The maximum Gasteiger partial charge on any atom is 0.224 e. The third kappa shape index (κ3) is 3.21. The summed E-state index contributed by atoms with van der Waals surface area (Å²) in [6.45, 7) is 1.90. The van der Waals surface area contributed by atoms with Crippen LogP contribution in [0.5, 0.6) is 0 Å². The van der Waals surface area contributed by atoms with Crippen molar-refractivity contribution in [3.05, 3.63) is 35.8 Å². The zero-order chi connectivity index (χ0) is 15.6. The van der Waals surface area contributed by atoms with Crippen molar-refractivity contribution in [1.29, 1.82) is 0 Å². The predicted molar refractivity (Wildman–Crippen MR) is 68.6 cm³/mol. The summed E-state index contributed by atoms with van der Waals surface area (Å²) in [6.07, 6.45) is 1.33. The second-order valence-corrected chi connectivity index (χ2v) is 4.59. The van der Waals surface area contributed by atoms with Crippen LogP contribution >= 0.6 is 0 Å². The Morgan fingerprint density at radius 1 is 1.38 bits per heavy atom. The van der Waals surface area contributed by atoms with Crippen LogP contribution in [0.3, 0.4) is 0 Å². The van der Waals surface area contributed by atoms with E-state index in [9.17, 15) is 18.0 Å². The molecule has 1 N–H and O–H groups in total. The highest BCUT2D eigenvalue weighted by Gasteiger charge is 2.17. The van der Waals surface area contributed by atoms with E-state index in [0.717, 1.165) is 6.07 Å². The standard InChI is InChI=1S/C13H13F3N4O/c1-7(13(21)17-2)5-20-6-11(18-19-20)9-3-8(14)4-10(15)12(9)16/h3-4,6-7H,5H2,1-2H3,(H,17,21)/t7-/m0/s1. The molecule has 1 atom stereocenters. The van der Waals surface area contributed by atoms with Gasteiger partial charge in [-0.3, -0.25) is 9.48 Å². The predicted octanol–water partition coefficient (Wildman–Crippen LogP) is 1.74. The number of rotatable bonds is 4. The number of halogens is 3. The SMILES string of the molecule is CNC(=O)[C@@H](C)Cn1cc(-c2cc(F)cc(F)c2F)nn1. The van der Waals surface area contributed by atoms with Gasteiger partial charge in [-0.05, 0) is 6.07 Å². The monoisotopic (exact) mass is 298 g/mol. The fraction of sp³-hybridized carbons (Fsp3) is 0.308. The summed E-state index contributed by atoms with van der Waals surface area (Å²) in [5.41, 5.74) is -0.318. The number of aromatic nitrogens is 3. The molecule has 0 saturated heterocycles. The van der Waals surface area contributed by atoms with Gasteiger partial charge in [-0.15, -0.1) is 5.10 Å². The molecule has 1 amide bonds. The van der Waals surface area contributed by atoms with E-state index in [-0.39, 0.29) is 29.6 Å². The van der Waals surface area contributed by atoms with E-state index in [1.54, 1.807) is 6.92 Å². The van der Waals surface area contributed by atoms with Crippen LogP contribution in [0.2, 0.25) is 0 Å². The van der Waals surface area contributed by atoms with Crippen LogP contribution in [-0.4, -0.2) is 27.9 Å². The van der Waals surface area contributed by atoms with E-state index in [4.69, 9.17) is 0 Å². The van der Waals surface area contributed by atoms with Crippen LogP contribution in [0.1, 0.15) is 6.92 Å². The third-order valence-electron chi connectivity index (χ3n) is 2.96. The summed E-state index contributed by atoms with van der Waals surface area (Å²) in [5, 5.41) is 9.89. The lowest BCUT2D eigenvalue weighted by molar-refractivity contribution is -0.124. The molecule has 8 heteroatoms. The second kappa shape index (κ2) is 5.94. The van der Waals surface area contributed by atoms with Crippen molar-refractivity contribution < 1.29 is 18.0 Å². The van der Waals surface area contributed by atoms with Gasteiger partial charge in [0.15, 0.2) is 11.6 Å². The van der Waals surface area contributed by atoms with Crippen LogP contribution in [0.15, 0.2) is 18.3 Å². The quantitative estimate of drug-likeness (QED) is 0.875. The van der Waals surface area contributed by atoms with Gasteiger partial charge < -0.3 is 5.32 Å². The summed E-state index contributed by atoms with van der Waals surface area (Å²) >= 11 is 0. The molecule has 0 saturated carbocycles. The summed E-state index contributed by atoms with van der Waals surface area (Å²) in [7, 11) is 1.51. The van der Waals surface area contributed by atoms with Crippen LogP contribution in [0, 0.1) is 23.4 Å². The normalized spacial score (nSPS) is 12.2. The van der Waals surface area contributed by atoms with Gasteiger partial charge in [0.1, 0.15) is 11.5 Å². The highest BCUT2D eigenvalue weighted by Crippen LogP contribution is 2.23. The fourth-order valence-electron chi connectivity index (χ4n) is 1.86. The van der Waals surface area contributed by atoms with Gasteiger partial charge >= 0.3 is 0 Å². The van der Waals surface area contributed by atoms with E-state index in [1.807, 2.05) is 0 Å². The van der Waals surface area contributed by atoms with Gasteiger partial charge in [0.25, 0.3) is 0 Å². The molecule has 2 rings (SSSR count). The molecule has 0 aliphatic heterocycles. The molecule has 0 bridgehead atoms. The van der Waals surface area contributed by atoms with Crippen LogP contribution in [-0.2, 0) is 11.3 Å². The molecule has 0 unspecified atom stereocenters. The molecule has 5 nitrogen and oxygen atoms in total. The van der Waals surface area contributed by atoms with Crippen LogP contribution in [0.25, 0.3) is 11.3 Å². The highest BCUT2D eigenvalue weighted by molar-refractivity contribution is 5.77. The smallest absolute Gasteiger partial charge is 0.224 e. The largest absolute Gasteiger partial charge is 0.359 e. The fourth-order valence-corrected chi connectivity index (χ4v) is 1.86. The first-order chi connectivity index (χ1) is 9.92. The summed E-state index contributed by atoms with van der Waals surface area (Å²) in [4.78, 5) is 11.4. The first-order valence-corrected chi connectivity index (χ1v) is 6.19. The second-order valence-electron chi connectivity index (χ2n) is 4.59. The molecular formula is C13H13F3N4O. The lowest BCUT2D eigenvalue weighted by atomic mass is 10.1. The van der Waals surface area contributed by atoms with Crippen LogP contribution < -0.4 is 5.32 Å². The minimum Gasteiger partial charge on any atom is -0.359 e. The van der Waals surface area contributed by atoms with Crippen molar-refractivity contribution >= 4 is 5.91 Å². The Labute approximate surface area is 118 Å². The highest BCUT2D eigenvalue weighted by atomic mass is 19.2. The summed E-state index contributed by atoms with van der Waals surface area (Å²) in [5.74, 6) is -3.95. The minimum absolute atomic E-state index is 0.00462. The molecule has 0 radical (unpaired) electrons. The van der Waals surface area contributed by atoms with Gasteiger partial charge in [0, 0.05) is 18.7 Å². The molecular weight excluding hydrogens is 285 g/mol. The van der Waals surface area contributed by atoms with Crippen molar-refractivity contribution in [2.75, 3.05) is 7.05 Å². The van der Waals surface area contributed by atoms with Gasteiger partial charge in [-0.1, -0.05) is 12.1 Å². The maximum atomic E-state index is 13.6. The molecule has 0 fully saturated rings. The Morgan fingerprint density at radius 3 is 2.76 bits per heavy atom. The van der Waals surface area contributed by atoms with E-state index in [2.05, 4.69) is 15.6 Å². The molecule has 2 aromatic rings. The molecule has 0 aliphatic carbocycles. The van der Waals surface area contributed by atoms with Crippen molar-refractivity contribution in [3.63, 3.8) is 0 Å². The first-order valence-electron chi connectivity index (χ1n) is 6.19. The Kier molecular flexibility index (Phi) is 4.25. The Hall–Kier alpha value is -2.38. The third-order valence-corrected chi connectivity index (χ3v) is 2.96. The lowest BCUT2D eigenvalue weighted by Gasteiger charge is -2.08.